The van der Waals surface area contributed by atoms with Crippen LogP contribution in [0.2, 0.25) is 0 Å². The third-order valence-electron chi connectivity index (χ3n) is 6.81. The molecule has 0 spiro atoms. The molecule has 0 amide bonds. The minimum Gasteiger partial charge on any atom is -0.511 e. The molecular formula is C29H28N2O4. The first-order valence-corrected chi connectivity index (χ1v) is 12.2. The van der Waals surface area contributed by atoms with E-state index in [1.165, 1.54) is 0 Å². The van der Waals surface area contributed by atoms with Crippen molar-refractivity contribution in [3.05, 3.63) is 100 Å². The number of nitrogens with zero attached hydrogens (tertiary/aromatic N) is 2. The summed E-state index contributed by atoms with van der Waals surface area (Å²) in [5.74, 6) is 0.600. The topological polar surface area (TPSA) is 92.8 Å². The fourth-order valence-electron chi connectivity index (χ4n) is 5.01. The molecule has 1 atom stereocenters. The zero-order chi connectivity index (χ0) is 24.2. The number of aliphatic imine (C=N–C) groups is 1. The molecule has 0 saturated heterocycles. The SMILES string of the molecule is O=C1CC(c2ccccc2)CC(=NCc2ccccc2)/C1=C(\O)CCc1noc2c1C(=O)CCC2. The van der Waals surface area contributed by atoms with E-state index in [1.54, 1.807) is 0 Å². The van der Waals surface area contributed by atoms with Gasteiger partial charge in [-0.15, -0.1) is 0 Å². The molecule has 1 saturated carbocycles. The maximum Gasteiger partial charge on any atom is 0.168 e. The molecule has 6 nitrogen and oxygen atoms in total. The molecule has 0 aliphatic heterocycles. The van der Waals surface area contributed by atoms with Crippen LogP contribution < -0.4 is 0 Å². The lowest BCUT2D eigenvalue weighted by Crippen LogP contribution is -2.27. The van der Waals surface area contributed by atoms with Crippen molar-refractivity contribution in [3.8, 4) is 0 Å². The minimum absolute atomic E-state index is 0.00771. The number of benzene rings is 2. The molecule has 3 aromatic rings. The summed E-state index contributed by atoms with van der Waals surface area (Å²) in [7, 11) is 0. The summed E-state index contributed by atoms with van der Waals surface area (Å²) in [6.45, 7) is 0.438. The van der Waals surface area contributed by atoms with Crippen molar-refractivity contribution in [2.75, 3.05) is 0 Å². The maximum atomic E-state index is 13.3. The van der Waals surface area contributed by atoms with Gasteiger partial charge in [0.05, 0.1) is 29.1 Å². The number of hydrogen-bond donors (Lipinski definition) is 1. The summed E-state index contributed by atoms with van der Waals surface area (Å²) < 4.78 is 5.37. The van der Waals surface area contributed by atoms with Crippen LogP contribution in [0.15, 0.2) is 81.5 Å². The Morgan fingerprint density at radius 2 is 1.71 bits per heavy atom. The molecule has 35 heavy (non-hydrogen) atoms. The standard InChI is InChI=1S/C29H28N2O4/c32-24-12-7-13-27-29(24)22(31-35-27)14-15-25(33)28-23(30-18-19-8-3-1-4-9-19)16-21(17-26(28)34)20-10-5-2-6-11-20/h1-6,8-11,21,33H,7,12-18H2/b28-25+,30-23?. The van der Waals surface area contributed by atoms with Crippen LogP contribution in [0.4, 0.5) is 0 Å². The number of aryl methyl sites for hydroxylation is 2. The van der Waals surface area contributed by atoms with Gasteiger partial charge in [-0.2, -0.15) is 0 Å². The monoisotopic (exact) mass is 468 g/mol. The molecule has 6 heteroatoms. The van der Waals surface area contributed by atoms with Crippen molar-refractivity contribution in [2.45, 2.75) is 57.4 Å². The van der Waals surface area contributed by atoms with Crippen LogP contribution in [-0.4, -0.2) is 27.5 Å². The van der Waals surface area contributed by atoms with Gasteiger partial charge in [-0.3, -0.25) is 14.6 Å². The molecule has 1 N–H and O–H groups in total. The van der Waals surface area contributed by atoms with E-state index < -0.39 is 0 Å². The summed E-state index contributed by atoms with van der Waals surface area (Å²) in [5, 5.41) is 15.2. The second-order valence-corrected chi connectivity index (χ2v) is 9.21. The largest absolute Gasteiger partial charge is 0.511 e. The van der Waals surface area contributed by atoms with E-state index in [9.17, 15) is 14.7 Å². The summed E-state index contributed by atoms with van der Waals surface area (Å²) in [4.78, 5) is 30.5. The molecular weight excluding hydrogens is 440 g/mol. The van der Waals surface area contributed by atoms with Crippen molar-refractivity contribution >= 4 is 17.3 Å². The van der Waals surface area contributed by atoms with E-state index in [1.807, 2.05) is 60.7 Å². The number of rotatable bonds is 6. The van der Waals surface area contributed by atoms with Gasteiger partial charge in [-0.25, -0.2) is 0 Å². The van der Waals surface area contributed by atoms with Crippen molar-refractivity contribution in [2.24, 2.45) is 4.99 Å². The molecule has 0 radical (unpaired) electrons. The second kappa shape index (κ2) is 10.2. The van der Waals surface area contributed by atoms with Gasteiger partial charge in [0.15, 0.2) is 11.6 Å². The van der Waals surface area contributed by atoms with Gasteiger partial charge in [-0.05, 0) is 29.9 Å². The lowest BCUT2D eigenvalue weighted by Gasteiger charge is -2.26. The van der Waals surface area contributed by atoms with Crippen molar-refractivity contribution in [1.82, 2.24) is 5.16 Å². The van der Waals surface area contributed by atoms with Crippen molar-refractivity contribution < 1.29 is 19.2 Å². The second-order valence-electron chi connectivity index (χ2n) is 9.21. The number of aliphatic hydroxyl groups is 1. The van der Waals surface area contributed by atoms with E-state index in [0.29, 0.717) is 67.0 Å². The Hall–Kier alpha value is -3.80. The Morgan fingerprint density at radius 1 is 0.971 bits per heavy atom. The van der Waals surface area contributed by atoms with Gasteiger partial charge in [-0.1, -0.05) is 65.8 Å². The van der Waals surface area contributed by atoms with Crippen LogP contribution in [0.1, 0.15) is 71.0 Å². The smallest absolute Gasteiger partial charge is 0.168 e. The molecule has 1 unspecified atom stereocenters. The Labute approximate surface area is 204 Å². The summed E-state index contributed by atoms with van der Waals surface area (Å²) in [5.41, 5.74) is 4.21. The highest BCUT2D eigenvalue weighted by Gasteiger charge is 2.33. The fourth-order valence-corrected chi connectivity index (χ4v) is 5.01. The predicted molar refractivity (Wildman–Crippen MR) is 133 cm³/mol. The van der Waals surface area contributed by atoms with Gasteiger partial charge in [0.25, 0.3) is 0 Å². The average molecular weight is 469 g/mol. The highest BCUT2D eigenvalue weighted by atomic mass is 16.5. The fraction of sp³-hybridized carbons (Fsp3) is 0.310. The van der Waals surface area contributed by atoms with Crippen LogP contribution >= 0.6 is 0 Å². The van der Waals surface area contributed by atoms with Crippen LogP contribution in [0, 0.1) is 0 Å². The third kappa shape index (κ3) is 5.02. The first-order valence-electron chi connectivity index (χ1n) is 12.2. The number of ketones is 2. The number of allylic oxidation sites excluding steroid dienone is 2. The van der Waals surface area contributed by atoms with E-state index in [2.05, 4.69) is 5.16 Å². The number of fused-ring (bicyclic) bond motifs is 1. The van der Waals surface area contributed by atoms with Gasteiger partial charge < -0.3 is 9.63 Å². The molecule has 178 valence electrons. The summed E-state index contributed by atoms with van der Waals surface area (Å²) >= 11 is 0. The molecule has 1 fully saturated rings. The van der Waals surface area contributed by atoms with Gasteiger partial charge in [0.1, 0.15) is 11.5 Å². The van der Waals surface area contributed by atoms with E-state index in [4.69, 9.17) is 9.52 Å². The van der Waals surface area contributed by atoms with Crippen molar-refractivity contribution in [1.29, 1.82) is 0 Å². The van der Waals surface area contributed by atoms with E-state index in [-0.39, 0.29) is 29.7 Å². The van der Waals surface area contributed by atoms with Crippen LogP contribution in [0.3, 0.4) is 0 Å². The van der Waals surface area contributed by atoms with Crippen LogP contribution in [0.5, 0.6) is 0 Å². The van der Waals surface area contributed by atoms with Gasteiger partial charge in [0.2, 0.25) is 0 Å². The number of aromatic nitrogens is 1. The Morgan fingerprint density at radius 3 is 2.49 bits per heavy atom. The number of carbonyl (C=O) groups is 2. The van der Waals surface area contributed by atoms with Crippen LogP contribution in [0.25, 0.3) is 0 Å². The maximum absolute atomic E-state index is 13.3. The van der Waals surface area contributed by atoms with E-state index in [0.717, 1.165) is 17.5 Å². The summed E-state index contributed by atoms with van der Waals surface area (Å²) in [6, 6.07) is 19.9. The van der Waals surface area contributed by atoms with Crippen LogP contribution in [-0.2, 0) is 24.2 Å². The Bertz CT molecular complexity index is 1290. The molecule has 0 bridgehead atoms. The molecule has 1 aromatic heterocycles. The number of Topliss-reactive ketones (excluding diaryl/α,β-unsaturated/α-hetero) is 2. The molecule has 5 rings (SSSR count). The van der Waals surface area contributed by atoms with E-state index >= 15 is 0 Å². The predicted octanol–water partition coefficient (Wildman–Crippen LogP) is 5.73. The van der Waals surface area contributed by atoms with Crippen molar-refractivity contribution in [3.63, 3.8) is 0 Å². The normalized spacial score (nSPS) is 20.7. The lowest BCUT2D eigenvalue weighted by molar-refractivity contribution is -0.116. The first-order chi connectivity index (χ1) is 17.1. The molecule has 2 aliphatic rings. The number of carbonyl (C=O) groups excluding carboxylic acids is 2. The minimum atomic E-state index is -0.104. The highest BCUT2D eigenvalue weighted by molar-refractivity contribution is 6.24. The highest BCUT2D eigenvalue weighted by Crippen LogP contribution is 2.34. The Kier molecular flexibility index (Phi) is 6.70. The number of aliphatic hydroxyl groups excluding tert-OH is 1. The first kappa shape index (κ1) is 23.0. The summed E-state index contributed by atoms with van der Waals surface area (Å²) in [6.07, 6.45) is 3.41. The third-order valence-corrected chi connectivity index (χ3v) is 6.81. The zero-order valence-corrected chi connectivity index (χ0v) is 19.6. The molecule has 2 aliphatic carbocycles. The number of hydrogen-bond acceptors (Lipinski definition) is 6. The zero-order valence-electron chi connectivity index (χ0n) is 19.6. The lowest BCUT2D eigenvalue weighted by atomic mass is 9.78. The van der Waals surface area contributed by atoms with Gasteiger partial charge >= 0.3 is 0 Å². The Balaban J connectivity index is 1.42. The molecule has 1 heterocycles. The average Bonchev–Trinajstić information content (AvgIpc) is 3.31. The molecule has 2 aromatic carbocycles. The van der Waals surface area contributed by atoms with Gasteiger partial charge in [0, 0.05) is 32.1 Å². The quantitative estimate of drug-likeness (QED) is 0.369.